The molecule has 0 aromatic heterocycles. The van der Waals surface area contributed by atoms with Crippen LogP contribution in [0.1, 0.15) is 39.5 Å². The summed E-state index contributed by atoms with van der Waals surface area (Å²) in [6, 6.07) is 0. The average molecular weight is 202 g/mol. The van der Waals surface area contributed by atoms with E-state index in [1.165, 1.54) is 0 Å². The zero-order valence-corrected chi connectivity index (χ0v) is 9.18. The summed E-state index contributed by atoms with van der Waals surface area (Å²) in [5, 5.41) is 11.3. The quantitative estimate of drug-likeness (QED) is 0.523. The third-order valence-electron chi connectivity index (χ3n) is 1.77. The van der Waals surface area contributed by atoms with E-state index < -0.39 is 5.54 Å². The molecule has 0 heterocycles. The molecule has 0 spiro atoms. The van der Waals surface area contributed by atoms with Crippen LogP contribution >= 0.6 is 0 Å². The van der Waals surface area contributed by atoms with Gasteiger partial charge in [-0.1, -0.05) is 0 Å². The lowest BCUT2D eigenvalue weighted by atomic mass is 10.0. The number of nitrogens with two attached hydrogens (primary N) is 1. The highest BCUT2D eigenvalue weighted by Crippen LogP contribution is 2.02. The van der Waals surface area contributed by atoms with Crippen LogP contribution in [-0.4, -0.2) is 29.7 Å². The van der Waals surface area contributed by atoms with Gasteiger partial charge in [0, 0.05) is 25.1 Å². The van der Waals surface area contributed by atoms with Crippen molar-refractivity contribution in [3.05, 3.63) is 0 Å². The van der Waals surface area contributed by atoms with Crippen LogP contribution in [0.15, 0.2) is 0 Å². The Bertz CT molecular complexity index is 164. The van der Waals surface area contributed by atoms with Gasteiger partial charge in [-0.15, -0.1) is 0 Å². The number of aliphatic hydroxyl groups excluding tert-OH is 1. The van der Waals surface area contributed by atoms with Gasteiger partial charge in [0.25, 0.3) is 0 Å². The van der Waals surface area contributed by atoms with E-state index in [-0.39, 0.29) is 12.5 Å². The summed E-state index contributed by atoms with van der Waals surface area (Å²) in [4.78, 5) is 11.3. The van der Waals surface area contributed by atoms with E-state index in [9.17, 15) is 4.79 Å². The minimum atomic E-state index is -0.435. The lowest BCUT2D eigenvalue weighted by Gasteiger charge is -2.17. The molecule has 1 amide bonds. The van der Waals surface area contributed by atoms with E-state index in [4.69, 9.17) is 10.8 Å². The van der Waals surface area contributed by atoms with Gasteiger partial charge in [0.1, 0.15) is 0 Å². The number of hydrogen-bond acceptors (Lipinski definition) is 3. The normalized spacial score (nSPS) is 11.4. The molecular weight excluding hydrogens is 180 g/mol. The molecule has 0 saturated heterocycles. The topological polar surface area (TPSA) is 75.4 Å². The first kappa shape index (κ1) is 13.4. The monoisotopic (exact) mass is 202 g/mol. The fourth-order valence-electron chi connectivity index (χ4n) is 1.12. The predicted octanol–water partition coefficient (Wildman–Crippen LogP) is 0.393. The summed E-state index contributed by atoms with van der Waals surface area (Å²) in [5.41, 5.74) is 5.26. The minimum absolute atomic E-state index is 0.00139. The first-order valence-corrected chi connectivity index (χ1v) is 5.12. The largest absolute Gasteiger partial charge is 0.396 e. The molecule has 0 fully saturated rings. The van der Waals surface area contributed by atoms with Gasteiger partial charge in [0.15, 0.2) is 0 Å². The predicted molar refractivity (Wildman–Crippen MR) is 56.8 cm³/mol. The summed E-state index contributed by atoms with van der Waals surface area (Å²) in [6.07, 6.45) is 3.02. The van der Waals surface area contributed by atoms with Gasteiger partial charge in [-0.05, 0) is 33.1 Å². The Morgan fingerprint density at radius 3 is 2.50 bits per heavy atom. The SMILES string of the molecule is CC(C)(N)CC(=O)NCCCCCO. The lowest BCUT2D eigenvalue weighted by molar-refractivity contribution is -0.122. The summed E-state index contributed by atoms with van der Waals surface area (Å²) < 4.78 is 0. The zero-order chi connectivity index (χ0) is 11.0. The highest BCUT2D eigenvalue weighted by Gasteiger charge is 2.15. The van der Waals surface area contributed by atoms with Crippen molar-refractivity contribution < 1.29 is 9.90 Å². The maximum Gasteiger partial charge on any atom is 0.221 e. The van der Waals surface area contributed by atoms with Crippen LogP contribution in [0.5, 0.6) is 0 Å². The van der Waals surface area contributed by atoms with Crippen molar-refractivity contribution >= 4 is 5.91 Å². The van der Waals surface area contributed by atoms with E-state index in [1.54, 1.807) is 0 Å². The Labute approximate surface area is 85.9 Å². The Hall–Kier alpha value is -0.610. The van der Waals surface area contributed by atoms with E-state index in [2.05, 4.69) is 5.32 Å². The van der Waals surface area contributed by atoms with Gasteiger partial charge in [-0.2, -0.15) is 0 Å². The summed E-state index contributed by atoms with van der Waals surface area (Å²) in [6.45, 7) is 4.56. The number of rotatable bonds is 7. The molecule has 84 valence electrons. The van der Waals surface area contributed by atoms with Crippen molar-refractivity contribution in [1.29, 1.82) is 0 Å². The Kier molecular flexibility index (Phi) is 6.49. The third kappa shape index (κ3) is 9.48. The number of nitrogens with one attached hydrogen (secondary N) is 1. The van der Waals surface area contributed by atoms with Gasteiger partial charge in [-0.25, -0.2) is 0 Å². The lowest BCUT2D eigenvalue weighted by Crippen LogP contribution is -2.39. The van der Waals surface area contributed by atoms with Gasteiger partial charge in [0.05, 0.1) is 0 Å². The molecule has 0 atom stereocenters. The number of aliphatic hydroxyl groups is 1. The number of carbonyl (C=O) groups excluding carboxylic acids is 1. The number of carbonyl (C=O) groups is 1. The Morgan fingerprint density at radius 1 is 1.36 bits per heavy atom. The highest BCUT2D eigenvalue weighted by atomic mass is 16.2. The molecule has 0 aliphatic rings. The van der Waals surface area contributed by atoms with Gasteiger partial charge >= 0.3 is 0 Å². The molecule has 0 rings (SSSR count). The van der Waals surface area contributed by atoms with Crippen LogP contribution in [0.3, 0.4) is 0 Å². The van der Waals surface area contributed by atoms with Crippen molar-refractivity contribution in [2.24, 2.45) is 5.73 Å². The van der Waals surface area contributed by atoms with Crippen LogP contribution in [0.2, 0.25) is 0 Å². The summed E-state index contributed by atoms with van der Waals surface area (Å²) in [5.74, 6) is 0.00139. The molecule has 0 saturated carbocycles. The molecule has 0 radical (unpaired) electrons. The smallest absolute Gasteiger partial charge is 0.221 e. The standard InChI is InChI=1S/C10H22N2O2/c1-10(2,11)8-9(14)12-6-4-3-5-7-13/h13H,3-8,11H2,1-2H3,(H,12,14). The molecule has 14 heavy (non-hydrogen) atoms. The second-order valence-corrected chi connectivity index (χ2v) is 4.30. The Morgan fingerprint density at radius 2 is 2.00 bits per heavy atom. The third-order valence-corrected chi connectivity index (χ3v) is 1.77. The molecule has 0 bridgehead atoms. The molecule has 4 N–H and O–H groups in total. The van der Waals surface area contributed by atoms with Crippen molar-refractivity contribution in [1.82, 2.24) is 5.32 Å². The van der Waals surface area contributed by atoms with Crippen LogP contribution in [0, 0.1) is 0 Å². The zero-order valence-electron chi connectivity index (χ0n) is 9.18. The molecule has 4 heteroatoms. The van der Waals surface area contributed by atoms with Crippen LogP contribution in [0.4, 0.5) is 0 Å². The molecule has 0 aromatic rings. The van der Waals surface area contributed by atoms with Gasteiger partial charge in [-0.3, -0.25) is 4.79 Å². The van der Waals surface area contributed by atoms with Gasteiger partial charge < -0.3 is 16.2 Å². The van der Waals surface area contributed by atoms with E-state index >= 15 is 0 Å². The fourth-order valence-corrected chi connectivity index (χ4v) is 1.12. The maximum absolute atomic E-state index is 11.3. The molecule has 4 nitrogen and oxygen atoms in total. The maximum atomic E-state index is 11.3. The van der Waals surface area contributed by atoms with Crippen molar-refractivity contribution in [2.45, 2.75) is 45.1 Å². The van der Waals surface area contributed by atoms with E-state index in [0.717, 1.165) is 19.3 Å². The first-order valence-electron chi connectivity index (χ1n) is 5.12. The summed E-state index contributed by atoms with van der Waals surface area (Å²) >= 11 is 0. The van der Waals surface area contributed by atoms with Crippen LogP contribution in [-0.2, 0) is 4.79 Å². The minimum Gasteiger partial charge on any atom is -0.396 e. The first-order chi connectivity index (χ1) is 6.45. The molecule has 0 aliphatic carbocycles. The van der Waals surface area contributed by atoms with Crippen molar-refractivity contribution in [3.8, 4) is 0 Å². The van der Waals surface area contributed by atoms with Crippen LogP contribution in [0.25, 0.3) is 0 Å². The highest BCUT2D eigenvalue weighted by molar-refractivity contribution is 5.76. The van der Waals surface area contributed by atoms with Crippen molar-refractivity contribution in [2.75, 3.05) is 13.2 Å². The van der Waals surface area contributed by atoms with E-state index in [0.29, 0.717) is 13.0 Å². The number of hydrogen-bond donors (Lipinski definition) is 3. The molecule has 0 unspecified atom stereocenters. The number of unbranched alkanes of at least 4 members (excludes halogenated alkanes) is 2. The molecular formula is C10H22N2O2. The Balaban J connectivity index is 3.36. The van der Waals surface area contributed by atoms with Gasteiger partial charge in [0.2, 0.25) is 5.91 Å². The van der Waals surface area contributed by atoms with E-state index in [1.807, 2.05) is 13.8 Å². The number of amides is 1. The second-order valence-electron chi connectivity index (χ2n) is 4.30. The van der Waals surface area contributed by atoms with Crippen LogP contribution < -0.4 is 11.1 Å². The average Bonchev–Trinajstić information content (AvgIpc) is 2.00. The molecule has 0 aromatic carbocycles. The van der Waals surface area contributed by atoms with Crippen molar-refractivity contribution in [3.63, 3.8) is 0 Å². The second kappa shape index (κ2) is 6.79. The molecule has 0 aliphatic heterocycles. The summed E-state index contributed by atoms with van der Waals surface area (Å²) in [7, 11) is 0. The fraction of sp³-hybridized carbons (Fsp3) is 0.900.